The standard InChI is InChI=1S/C28H38F2N2O2/c1-4-19(2)22-9-8-10-23(16-22)28(11-6-5-7-12-28)31-18-27(34)26(32-20(3)33)15-21-13-24(29)17-25(30)14-21/h8-10,13-14,16-17,19,26-27,31,34H,4-7,11-12,15,18H2,1-3H3,(H,32,33). The molecule has 0 aromatic heterocycles. The molecular formula is C28H38F2N2O2. The summed E-state index contributed by atoms with van der Waals surface area (Å²) >= 11 is 0. The Hall–Kier alpha value is -2.31. The van der Waals surface area contributed by atoms with Gasteiger partial charge in [-0.2, -0.15) is 0 Å². The normalized spacial score (nSPS) is 18.2. The molecule has 186 valence electrons. The minimum atomic E-state index is -0.924. The van der Waals surface area contributed by atoms with E-state index in [-0.39, 0.29) is 24.4 Å². The molecular weight excluding hydrogens is 434 g/mol. The molecule has 4 nitrogen and oxygen atoms in total. The van der Waals surface area contributed by atoms with E-state index in [0.717, 1.165) is 38.2 Å². The summed E-state index contributed by atoms with van der Waals surface area (Å²) in [7, 11) is 0. The van der Waals surface area contributed by atoms with Gasteiger partial charge in [-0.05, 0) is 60.4 Å². The number of carbonyl (C=O) groups excluding carboxylic acids is 1. The SMILES string of the molecule is CCC(C)c1cccc(C2(NCC(O)C(Cc3cc(F)cc(F)c3)NC(C)=O)CCCCC2)c1. The molecule has 1 fully saturated rings. The third kappa shape index (κ3) is 6.86. The van der Waals surface area contributed by atoms with Gasteiger partial charge in [0.15, 0.2) is 0 Å². The summed E-state index contributed by atoms with van der Waals surface area (Å²) in [5.41, 5.74) is 2.70. The van der Waals surface area contributed by atoms with Crippen molar-refractivity contribution in [3.05, 3.63) is 70.8 Å². The maximum atomic E-state index is 13.7. The zero-order valence-corrected chi connectivity index (χ0v) is 20.5. The Kier molecular flexibility index (Phi) is 9.20. The van der Waals surface area contributed by atoms with Gasteiger partial charge in [-0.1, -0.05) is 57.4 Å². The average molecular weight is 473 g/mol. The van der Waals surface area contributed by atoms with Gasteiger partial charge in [0.1, 0.15) is 11.6 Å². The second kappa shape index (κ2) is 11.9. The van der Waals surface area contributed by atoms with Crippen LogP contribution in [0.25, 0.3) is 0 Å². The third-order valence-electron chi connectivity index (χ3n) is 7.21. The predicted molar refractivity (Wildman–Crippen MR) is 132 cm³/mol. The Bertz CT molecular complexity index is 939. The largest absolute Gasteiger partial charge is 0.390 e. The van der Waals surface area contributed by atoms with E-state index in [1.807, 2.05) is 0 Å². The molecule has 0 radical (unpaired) electrons. The summed E-state index contributed by atoms with van der Waals surface area (Å²) < 4.78 is 27.4. The average Bonchev–Trinajstić information content (AvgIpc) is 2.81. The zero-order valence-electron chi connectivity index (χ0n) is 20.5. The van der Waals surface area contributed by atoms with Crippen LogP contribution in [0, 0.1) is 11.6 Å². The van der Waals surface area contributed by atoms with Gasteiger partial charge in [-0.15, -0.1) is 0 Å². The predicted octanol–water partition coefficient (Wildman–Crippen LogP) is 5.34. The van der Waals surface area contributed by atoms with E-state index in [9.17, 15) is 18.7 Å². The van der Waals surface area contributed by atoms with Crippen LogP contribution >= 0.6 is 0 Å². The van der Waals surface area contributed by atoms with Crippen molar-refractivity contribution in [3.63, 3.8) is 0 Å². The van der Waals surface area contributed by atoms with Gasteiger partial charge in [-0.25, -0.2) is 8.78 Å². The van der Waals surface area contributed by atoms with E-state index < -0.39 is 23.8 Å². The number of carbonyl (C=O) groups is 1. The highest BCUT2D eigenvalue weighted by Gasteiger charge is 2.35. The van der Waals surface area contributed by atoms with Crippen molar-refractivity contribution < 1.29 is 18.7 Å². The second-order valence-corrected chi connectivity index (χ2v) is 9.81. The number of rotatable bonds is 10. The summed E-state index contributed by atoms with van der Waals surface area (Å²) in [6.07, 6.45) is 5.63. The first-order chi connectivity index (χ1) is 16.2. The second-order valence-electron chi connectivity index (χ2n) is 9.81. The van der Waals surface area contributed by atoms with Crippen LogP contribution < -0.4 is 10.6 Å². The Labute approximate surface area is 202 Å². The number of halogens is 2. The summed E-state index contributed by atoms with van der Waals surface area (Å²) in [6, 6.07) is 11.4. The zero-order chi connectivity index (χ0) is 24.7. The molecule has 0 aliphatic heterocycles. The molecule has 2 aromatic carbocycles. The van der Waals surface area contributed by atoms with E-state index in [1.54, 1.807) is 0 Å². The minimum Gasteiger partial charge on any atom is -0.390 e. The molecule has 3 atom stereocenters. The molecule has 3 unspecified atom stereocenters. The van der Waals surface area contributed by atoms with Crippen molar-refractivity contribution in [2.45, 2.75) is 89.3 Å². The lowest BCUT2D eigenvalue weighted by atomic mass is 9.75. The molecule has 6 heteroatoms. The van der Waals surface area contributed by atoms with Gasteiger partial charge in [0.2, 0.25) is 5.91 Å². The maximum absolute atomic E-state index is 13.7. The van der Waals surface area contributed by atoms with Gasteiger partial charge in [0.25, 0.3) is 0 Å². The molecule has 0 saturated heterocycles. The van der Waals surface area contributed by atoms with Gasteiger partial charge in [0.05, 0.1) is 12.1 Å². The van der Waals surface area contributed by atoms with Crippen LogP contribution in [-0.4, -0.2) is 29.7 Å². The highest BCUT2D eigenvalue weighted by molar-refractivity contribution is 5.73. The number of aliphatic hydroxyl groups excluding tert-OH is 1. The number of amides is 1. The summed E-state index contributed by atoms with van der Waals surface area (Å²) in [6.45, 7) is 6.06. The lowest BCUT2D eigenvalue weighted by Crippen LogP contribution is -2.53. The van der Waals surface area contributed by atoms with Gasteiger partial charge in [0, 0.05) is 25.1 Å². The number of benzene rings is 2. The van der Waals surface area contributed by atoms with Crippen molar-refractivity contribution in [1.29, 1.82) is 0 Å². The molecule has 1 aliphatic rings. The highest BCUT2D eigenvalue weighted by Crippen LogP contribution is 2.38. The lowest BCUT2D eigenvalue weighted by molar-refractivity contribution is -0.120. The fourth-order valence-corrected chi connectivity index (χ4v) is 5.07. The summed E-state index contributed by atoms with van der Waals surface area (Å²) in [5, 5.41) is 17.5. The van der Waals surface area contributed by atoms with Crippen molar-refractivity contribution in [2.24, 2.45) is 0 Å². The van der Waals surface area contributed by atoms with Crippen molar-refractivity contribution in [1.82, 2.24) is 10.6 Å². The Morgan fingerprint density at radius 1 is 1.09 bits per heavy atom. The van der Waals surface area contributed by atoms with Gasteiger partial charge >= 0.3 is 0 Å². The van der Waals surface area contributed by atoms with Crippen molar-refractivity contribution in [3.8, 4) is 0 Å². The topological polar surface area (TPSA) is 61.4 Å². The van der Waals surface area contributed by atoms with Crippen LogP contribution in [0.15, 0.2) is 42.5 Å². The molecule has 3 N–H and O–H groups in total. The molecule has 2 aromatic rings. The molecule has 1 saturated carbocycles. The van der Waals surface area contributed by atoms with Crippen LogP contribution in [0.4, 0.5) is 8.78 Å². The minimum absolute atomic E-state index is 0.133. The number of hydrogen-bond donors (Lipinski definition) is 3. The Balaban J connectivity index is 1.79. The first-order valence-corrected chi connectivity index (χ1v) is 12.5. The first kappa shape index (κ1) is 26.3. The summed E-state index contributed by atoms with van der Waals surface area (Å²) in [4.78, 5) is 11.8. The Morgan fingerprint density at radius 3 is 2.38 bits per heavy atom. The maximum Gasteiger partial charge on any atom is 0.217 e. The third-order valence-corrected chi connectivity index (χ3v) is 7.21. The molecule has 34 heavy (non-hydrogen) atoms. The van der Waals surface area contributed by atoms with Gasteiger partial charge in [-0.3, -0.25) is 4.79 Å². The van der Waals surface area contributed by atoms with Crippen LogP contribution in [0.5, 0.6) is 0 Å². The Morgan fingerprint density at radius 2 is 1.76 bits per heavy atom. The van der Waals surface area contributed by atoms with E-state index in [4.69, 9.17) is 0 Å². The molecule has 0 bridgehead atoms. The van der Waals surface area contributed by atoms with Crippen LogP contribution in [-0.2, 0) is 16.8 Å². The van der Waals surface area contributed by atoms with Crippen LogP contribution in [0.3, 0.4) is 0 Å². The van der Waals surface area contributed by atoms with Gasteiger partial charge < -0.3 is 15.7 Å². The first-order valence-electron chi connectivity index (χ1n) is 12.5. The smallest absolute Gasteiger partial charge is 0.217 e. The number of nitrogens with one attached hydrogen (secondary N) is 2. The van der Waals surface area contributed by atoms with E-state index in [0.29, 0.717) is 11.5 Å². The fraction of sp³-hybridized carbons (Fsp3) is 0.536. The molecule has 3 rings (SSSR count). The van der Waals surface area contributed by atoms with Crippen molar-refractivity contribution in [2.75, 3.05) is 6.54 Å². The number of hydrogen-bond acceptors (Lipinski definition) is 3. The molecule has 0 heterocycles. The molecule has 1 amide bonds. The molecule has 0 spiro atoms. The highest BCUT2D eigenvalue weighted by atomic mass is 19.1. The summed E-state index contributed by atoms with van der Waals surface area (Å²) in [5.74, 6) is -1.17. The monoisotopic (exact) mass is 472 g/mol. The molecule has 1 aliphatic carbocycles. The lowest BCUT2D eigenvalue weighted by Gasteiger charge is -2.40. The van der Waals surface area contributed by atoms with Crippen LogP contribution in [0.2, 0.25) is 0 Å². The van der Waals surface area contributed by atoms with Crippen LogP contribution in [0.1, 0.15) is 81.9 Å². The van der Waals surface area contributed by atoms with E-state index >= 15 is 0 Å². The van der Waals surface area contributed by atoms with E-state index in [2.05, 4.69) is 48.7 Å². The quantitative estimate of drug-likeness (QED) is 0.438. The van der Waals surface area contributed by atoms with E-state index in [1.165, 1.54) is 36.6 Å². The fourth-order valence-electron chi connectivity index (χ4n) is 5.07. The number of aliphatic hydroxyl groups is 1. The van der Waals surface area contributed by atoms with Crippen molar-refractivity contribution >= 4 is 5.91 Å².